The van der Waals surface area contributed by atoms with Crippen LogP contribution in [0.3, 0.4) is 0 Å². The van der Waals surface area contributed by atoms with Crippen molar-refractivity contribution in [1.82, 2.24) is 4.90 Å². The molecular weight excluding hydrogens is 382 g/mol. The SMILES string of the molecule is CN(C)C(N=C(Nc1ccc(C(C)(C)C)cc1)Nc1ccc(C(C)(C)C)cc1)=[N+](C)C. The fourth-order valence-corrected chi connectivity index (χ4v) is 3.17. The van der Waals surface area contributed by atoms with Gasteiger partial charge in [-0.25, -0.2) is 0 Å². The molecule has 0 aromatic heterocycles. The highest BCUT2D eigenvalue weighted by molar-refractivity contribution is 6.08. The Morgan fingerprint density at radius 2 is 1.06 bits per heavy atom. The van der Waals surface area contributed by atoms with Crippen molar-refractivity contribution in [3.8, 4) is 0 Å². The van der Waals surface area contributed by atoms with Crippen LogP contribution in [0.15, 0.2) is 53.5 Å². The average molecular weight is 423 g/mol. The van der Waals surface area contributed by atoms with Crippen LogP contribution in [0.2, 0.25) is 0 Å². The summed E-state index contributed by atoms with van der Waals surface area (Å²) in [6.45, 7) is 13.3. The van der Waals surface area contributed by atoms with E-state index in [9.17, 15) is 0 Å². The van der Waals surface area contributed by atoms with Gasteiger partial charge in [-0.15, -0.1) is 0 Å². The number of nitrogens with zero attached hydrogens (tertiary/aromatic N) is 3. The summed E-state index contributed by atoms with van der Waals surface area (Å²) >= 11 is 0. The van der Waals surface area contributed by atoms with E-state index in [1.54, 1.807) is 0 Å². The van der Waals surface area contributed by atoms with Gasteiger partial charge < -0.3 is 10.6 Å². The van der Waals surface area contributed by atoms with Gasteiger partial charge in [-0.3, -0.25) is 9.48 Å². The molecule has 0 aliphatic heterocycles. The van der Waals surface area contributed by atoms with Crippen LogP contribution in [0.1, 0.15) is 52.7 Å². The van der Waals surface area contributed by atoms with Gasteiger partial charge in [0.15, 0.2) is 0 Å². The lowest BCUT2D eigenvalue weighted by Crippen LogP contribution is -2.32. The number of rotatable bonds is 2. The Morgan fingerprint density at radius 1 is 0.710 bits per heavy atom. The first-order valence-electron chi connectivity index (χ1n) is 10.8. The summed E-state index contributed by atoms with van der Waals surface area (Å²) in [5, 5.41) is 6.91. The van der Waals surface area contributed by atoms with Gasteiger partial charge in [-0.05, 0) is 51.2 Å². The van der Waals surface area contributed by atoms with Gasteiger partial charge in [0.05, 0.1) is 28.2 Å². The van der Waals surface area contributed by atoms with Crippen LogP contribution in [-0.2, 0) is 10.8 Å². The van der Waals surface area contributed by atoms with E-state index in [2.05, 4.69) is 101 Å². The molecule has 0 bridgehead atoms. The topological polar surface area (TPSA) is 42.7 Å². The molecule has 0 aliphatic carbocycles. The Bertz CT molecular complexity index is 856. The summed E-state index contributed by atoms with van der Waals surface area (Å²) in [5.74, 6) is 1.51. The molecule has 168 valence electrons. The second kappa shape index (κ2) is 9.54. The summed E-state index contributed by atoms with van der Waals surface area (Å²) in [4.78, 5) is 6.87. The van der Waals surface area contributed by atoms with Gasteiger partial charge in [0, 0.05) is 11.4 Å². The average Bonchev–Trinajstić information content (AvgIpc) is 2.65. The maximum Gasteiger partial charge on any atom is 0.392 e. The van der Waals surface area contributed by atoms with Crippen molar-refractivity contribution in [2.45, 2.75) is 52.4 Å². The summed E-state index contributed by atoms with van der Waals surface area (Å²) in [7, 11) is 7.97. The van der Waals surface area contributed by atoms with Gasteiger partial charge in [0.1, 0.15) is 0 Å². The maximum absolute atomic E-state index is 4.87. The number of hydrogen-bond acceptors (Lipinski definition) is 0. The van der Waals surface area contributed by atoms with Crippen LogP contribution in [0.5, 0.6) is 0 Å². The third-order valence-corrected chi connectivity index (χ3v) is 5.04. The highest BCUT2D eigenvalue weighted by Crippen LogP contribution is 2.25. The van der Waals surface area contributed by atoms with Crippen LogP contribution in [0, 0.1) is 0 Å². The molecule has 0 heterocycles. The van der Waals surface area contributed by atoms with E-state index in [1.807, 2.05) is 37.7 Å². The zero-order chi connectivity index (χ0) is 23.4. The summed E-state index contributed by atoms with van der Waals surface area (Å²) in [5.41, 5.74) is 4.83. The molecule has 0 radical (unpaired) electrons. The molecule has 2 rings (SSSR count). The first kappa shape index (κ1) is 24.4. The highest BCUT2D eigenvalue weighted by atomic mass is 15.3. The molecule has 0 unspecified atom stereocenters. The van der Waals surface area contributed by atoms with E-state index in [1.165, 1.54) is 11.1 Å². The second-order valence-corrected chi connectivity index (χ2v) is 10.5. The normalized spacial score (nSPS) is 11.5. The Hall–Kier alpha value is -2.82. The standard InChI is InChI=1S/C26H39N5/c1-25(2,3)19-11-15-21(16-12-19)27-23(29-24(30(7)8)31(9)10)28-22-17-13-20(14-18-22)26(4,5)6/h11-18H,1-10H3,(H,27,28)/p+1. The molecule has 31 heavy (non-hydrogen) atoms. The summed E-state index contributed by atoms with van der Waals surface area (Å²) in [6, 6.07) is 17.1. The molecule has 0 amide bonds. The minimum atomic E-state index is 0.124. The van der Waals surface area contributed by atoms with E-state index in [4.69, 9.17) is 4.99 Å². The lowest BCUT2D eigenvalue weighted by Gasteiger charge is -2.20. The van der Waals surface area contributed by atoms with E-state index in [0.29, 0.717) is 5.96 Å². The van der Waals surface area contributed by atoms with E-state index < -0.39 is 0 Å². The third kappa shape index (κ3) is 7.12. The number of aliphatic imine (C=N–C) groups is 1. The lowest BCUT2D eigenvalue weighted by atomic mass is 9.87. The van der Waals surface area contributed by atoms with Gasteiger partial charge in [0.2, 0.25) is 0 Å². The molecule has 0 fully saturated rings. The van der Waals surface area contributed by atoms with Crippen molar-refractivity contribution >= 4 is 23.3 Å². The minimum Gasteiger partial charge on any atom is -0.312 e. The van der Waals surface area contributed by atoms with Crippen molar-refractivity contribution in [3.05, 3.63) is 59.7 Å². The predicted octanol–water partition coefficient (Wildman–Crippen LogP) is 5.35. The molecule has 0 atom stereocenters. The Kier molecular flexibility index (Phi) is 7.53. The van der Waals surface area contributed by atoms with E-state index in [-0.39, 0.29) is 10.8 Å². The Balaban J connectivity index is 2.36. The van der Waals surface area contributed by atoms with Crippen molar-refractivity contribution in [3.63, 3.8) is 0 Å². The predicted molar refractivity (Wildman–Crippen MR) is 136 cm³/mol. The molecule has 5 heteroatoms. The zero-order valence-electron chi connectivity index (χ0n) is 21.0. The van der Waals surface area contributed by atoms with Crippen LogP contribution >= 0.6 is 0 Å². The zero-order valence-corrected chi connectivity index (χ0v) is 21.0. The molecule has 5 nitrogen and oxygen atoms in total. The molecule has 0 spiro atoms. The van der Waals surface area contributed by atoms with Crippen LogP contribution in [0.25, 0.3) is 0 Å². The molecule has 2 N–H and O–H groups in total. The van der Waals surface area contributed by atoms with Crippen molar-refractivity contribution in [1.29, 1.82) is 0 Å². The molecule has 0 saturated carbocycles. The molecule has 0 saturated heterocycles. The van der Waals surface area contributed by atoms with Crippen molar-refractivity contribution < 1.29 is 4.58 Å². The Morgan fingerprint density at radius 3 is 1.32 bits per heavy atom. The molecule has 2 aromatic rings. The molecule has 2 aromatic carbocycles. The fourth-order valence-electron chi connectivity index (χ4n) is 3.17. The van der Waals surface area contributed by atoms with Gasteiger partial charge in [-0.2, -0.15) is 0 Å². The number of hydrogen-bond donors (Lipinski definition) is 2. The molecular formula is C26H40N5+. The number of anilines is 2. The van der Waals surface area contributed by atoms with Crippen molar-refractivity contribution in [2.24, 2.45) is 4.99 Å². The second-order valence-electron chi connectivity index (χ2n) is 10.5. The van der Waals surface area contributed by atoms with Crippen LogP contribution < -0.4 is 10.6 Å². The van der Waals surface area contributed by atoms with E-state index >= 15 is 0 Å². The fraction of sp³-hybridized carbons (Fsp3) is 0.462. The quantitative estimate of drug-likeness (QED) is 0.389. The largest absolute Gasteiger partial charge is 0.392 e. The van der Waals surface area contributed by atoms with Gasteiger partial charge in [-0.1, -0.05) is 65.8 Å². The van der Waals surface area contributed by atoms with Crippen LogP contribution in [-0.4, -0.2) is 49.6 Å². The minimum absolute atomic E-state index is 0.124. The number of guanidine groups is 2. The monoisotopic (exact) mass is 422 g/mol. The first-order valence-corrected chi connectivity index (χ1v) is 10.8. The maximum atomic E-state index is 4.87. The number of benzene rings is 2. The van der Waals surface area contributed by atoms with Crippen molar-refractivity contribution in [2.75, 3.05) is 38.8 Å². The highest BCUT2D eigenvalue weighted by Gasteiger charge is 2.17. The van der Waals surface area contributed by atoms with Crippen LogP contribution in [0.4, 0.5) is 11.4 Å². The van der Waals surface area contributed by atoms with Gasteiger partial charge in [0.25, 0.3) is 5.96 Å². The summed E-state index contributed by atoms with van der Waals surface area (Å²) in [6.07, 6.45) is 0. The summed E-state index contributed by atoms with van der Waals surface area (Å²) < 4.78 is 1.99. The third-order valence-electron chi connectivity index (χ3n) is 5.04. The van der Waals surface area contributed by atoms with E-state index in [0.717, 1.165) is 17.3 Å². The molecule has 0 aliphatic rings. The smallest absolute Gasteiger partial charge is 0.312 e. The number of nitrogens with one attached hydrogen (secondary N) is 2. The lowest BCUT2D eigenvalue weighted by molar-refractivity contribution is -0.470. The first-order chi connectivity index (χ1) is 14.3. The Labute approximate surface area is 188 Å². The van der Waals surface area contributed by atoms with Gasteiger partial charge >= 0.3 is 5.96 Å².